The van der Waals surface area contributed by atoms with Gasteiger partial charge in [-0.3, -0.25) is 0 Å². The lowest BCUT2D eigenvalue weighted by molar-refractivity contribution is 0.176. The predicted octanol–water partition coefficient (Wildman–Crippen LogP) is 6.85. The van der Waals surface area contributed by atoms with E-state index in [1.54, 1.807) is 0 Å². The van der Waals surface area contributed by atoms with Gasteiger partial charge in [0.15, 0.2) is 0 Å². The molecule has 0 fully saturated rings. The molecule has 0 aliphatic carbocycles. The second-order valence-electron chi connectivity index (χ2n) is 8.11. The average Bonchev–Trinajstić information content (AvgIpc) is 2.75. The summed E-state index contributed by atoms with van der Waals surface area (Å²) in [5, 5.41) is 16.1. The Morgan fingerprint density at radius 1 is 0.967 bits per heavy atom. The molecular weight excluding hydrogens is 392 g/mol. The van der Waals surface area contributed by atoms with Gasteiger partial charge in [-0.25, -0.2) is 4.98 Å². The number of hydrogen-bond donors (Lipinski definition) is 2. The van der Waals surface area contributed by atoms with E-state index in [1.165, 1.54) is 32.1 Å². The van der Waals surface area contributed by atoms with E-state index in [4.69, 9.17) is 16.6 Å². The Kier molecular flexibility index (Phi) is 8.68. The van der Waals surface area contributed by atoms with Gasteiger partial charge in [-0.15, -0.1) is 0 Å². The maximum atomic E-state index is 11.0. The van der Waals surface area contributed by atoms with E-state index >= 15 is 0 Å². The number of pyridine rings is 1. The molecule has 30 heavy (non-hydrogen) atoms. The van der Waals surface area contributed by atoms with Crippen LogP contribution in [0.2, 0.25) is 5.02 Å². The van der Waals surface area contributed by atoms with Crippen molar-refractivity contribution in [1.29, 1.82) is 0 Å². The number of halogens is 1. The van der Waals surface area contributed by atoms with Crippen LogP contribution >= 0.6 is 11.6 Å². The Morgan fingerprint density at radius 2 is 1.70 bits per heavy atom. The van der Waals surface area contributed by atoms with Crippen LogP contribution in [-0.4, -0.2) is 23.2 Å². The molecule has 3 nitrogen and oxygen atoms in total. The number of unbranched alkanes of at least 4 members (excludes halogenated alkanes) is 5. The summed E-state index contributed by atoms with van der Waals surface area (Å²) in [4.78, 5) is 4.85. The summed E-state index contributed by atoms with van der Waals surface area (Å²) in [6.45, 7) is 5.79. The number of aliphatic hydroxyl groups excluding tert-OH is 1. The third kappa shape index (κ3) is 6.28. The van der Waals surface area contributed by atoms with Gasteiger partial charge in [0, 0.05) is 22.5 Å². The van der Waals surface area contributed by atoms with Crippen LogP contribution in [0.1, 0.15) is 62.7 Å². The van der Waals surface area contributed by atoms with Crippen molar-refractivity contribution < 1.29 is 5.11 Å². The summed E-state index contributed by atoms with van der Waals surface area (Å²) in [6.07, 6.45) is 7.07. The molecule has 0 spiro atoms. The fourth-order valence-corrected chi connectivity index (χ4v) is 3.91. The van der Waals surface area contributed by atoms with E-state index in [0.717, 1.165) is 46.3 Å². The summed E-state index contributed by atoms with van der Waals surface area (Å²) in [7, 11) is 0. The number of nitrogens with zero attached hydrogens (tertiary/aromatic N) is 1. The van der Waals surface area contributed by atoms with E-state index in [9.17, 15) is 5.11 Å². The molecule has 160 valence electrons. The number of aryl methyl sites for hydroxylation is 1. The van der Waals surface area contributed by atoms with Crippen LogP contribution in [0.5, 0.6) is 0 Å². The normalized spacial score (nSPS) is 12.4. The lowest BCUT2D eigenvalue weighted by Crippen LogP contribution is -2.22. The SMILES string of the molecule is CCCCCCCCNCC(O)c1cc(-c2ccc(Cl)cc2)nc2cc(C)ccc12. The highest BCUT2D eigenvalue weighted by atomic mass is 35.5. The standard InChI is InChI=1S/C26H33ClN2O/c1-3-4-5-6-7-8-15-28-18-26(30)23-17-24(20-10-12-21(27)13-11-20)29-25-16-19(2)9-14-22(23)25/h9-14,16-17,26,28,30H,3-8,15,18H2,1-2H3. The van der Waals surface area contributed by atoms with Crippen LogP contribution < -0.4 is 5.32 Å². The zero-order chi connectivity index (χ0) is 21.3. The molecule has 4 heteroatoms. The van der Waals surface area contributed by atoms with Crippen LogP contribution in [0.25, 0.3) is 22.2 Å². The lowest BCUT2D eigenvalue weighted by atomic mass is 9.99. The van der Waals surface area contributed by atoms with Gasteiger partial charge >= 0.3 is 0 Å². The van der Waals surface area contributed by atoms with Crippen molar-refractivity contribution >= 4 is 22.5 Å². The van der Waals surface area contributed by atoms with Crippen molar-refractivity contribution in [2.45, 2.75) is 58.5 Å². The average molecular weight is 425 g/mol. The Hall–Kier alpha value is -1.94. The highest BCUT2D eigenvalue weighted by molar-refractivity contribution is 6.30. The van der Waals surface area contributed by atoms with E-state index in [-0.39, 0.29) is 0 Å². The Balaban J connectivity index is 1.72. The minimum atomic E-state index is -0.579. The second kappa shape index (κ2) is 11.5. The summed E-state index contributed by atoms with van der Waals surface area (Å²) in [6, 6.07) is 15.9. The Morgan fingerprint density at radius 3 is 2.47 bits per heavy atom. The molecule has 1 unspecified atom stereocenters. The van der Waals surface area contributed by atoms with Gasteiger partial charge in [-0.2, -0.15) is 0 Å². The highest BCUT2D eigenvalue weighted by Crippen LogP contribution is 2.29. The van der Waals surface area contributed by atoms with E-state index in [1.807, 2.05) is 30.3 Å². The summed E-state index contributed by atoms with van der Waals surface area (Å²) < 4.78 is 0. The first-order valence-electron chi connectivity index (χ1n) is 11.1. The third-order valence-corrected chi connectivity index (χ3v) is 5.79. The predicted molar refractivity (Wildman–Crippen MR) is 128 cm³/mol. The van der Waals surface area contributed by atoms with Gasteiger partial charge < -0.3 is 10.4 Å². The van der Waals surface area contributed by atoms with Gasteiger partial charge in [0.05, 0.1) is 17.3 Å². The molecule has 2 N–H and O–H groups in total. The van der Waals surface area contributed by atoms with E-state index in [0.29, 0.717) is 11.6 Å². The molecule has 1 heterocycles. The highest BCUT2D eigenvalue weighted by Gasteiger charge is 2.15. The second-order valence-corrected chi connectivity index (χ2v) is 8.55. The molecule has 3 aromatic rings. The fraction of sp³-hybridized carbons (Fsp3) is 0.423. The summed E-state index contributed by atoms with van der Waals surface area (Å²) in [5.41, 5.74) is 4.84. The van der Waals surface area contributed by atoms with E-state index < -0.39 is 6.10 Å². The molecule has 0 bridgehead atoms. The number of rotatable bonds is 11. The molecule has 0 aliphatic rings. The molecule has 0 saturated heterocycles. The minimum Gasteiger partial charge on any atom is -0.387 e. The van der Waals surface area contributed by atoms with Gasteiger partial charge in [0.2, 0.25) is 0 Å². The summed E-state index contributed by atoms with van der Waals surface area (Å²) in [5.74, 6) is 0. The third-order valence-electron chi connectivity index (χ3n) is 5.54. The first kappa shape index (κ1) is 22.7. The van der Waals surface area contributed by atoms with E-state index in [2.05, 4.69) is 37.4 Å². The lowest BCUT2D eigenvalue weighted by Gasteiger charge is -2.17. The van der Waals surface area contributed by atoms with Crippen molar-refractivity contribution in [3.63, 3.8) is 0 Å². The Bertz CT molecular complexity index is 940. The first-order valence-corrected chi connectivity index (χ1v) is 11.5. The number of aliphatic hydroxyl groups is 1. The van der Waals surface area contributed by atoms with Crippen LogP contribution in [0.4, 0.5) is 0 Å². The summed E-state index contributed by atoms with van der Waals surface area (Å²) >= 11 is 6.05. The molecule has 3 rings (SSSR count). The quantitative estimate of drug-likeness (QED) is 0.331. The fourth-order valence-electron chi connectivity index (χ4n) is 3.79. The van der Waals surface area contributed by atoms with Crippen molar-refractivity contribution in [1.82, 2.24) is 10.3 Å². The largest absolute Gasteiger partial charge is 0.387 e. The maximum absolute atomic E-state index is 11.0. The van der Waals surface area contributed by atoms with Crippen LogP contribution in [0.3, 0.4) is 0 Å². The van der Waals surface area contributed by atoms with Crippen molar-refractivity contribution in [2.75, 3.05) is 13.1 Å². The molecule has 0 amide bonds. The molecule has 1 atom stereocenters. The van der Waals surface area contributed by atoms with Crippen LogP contribution in [0.15, 0.2) is 48.5 Å². The van der Waals surface area contributed by atoms with Crippen LogP contribution in [0, 0.1) is 6.92 Å². The zero-order valence-electron chi connectivity index (χ0n) is 18.1. The molecular formula is C26H33ClN2O. The van der Waals surface area contributed by atoms with Crippen molar-refractivity contribution in [3.05, 3.63) is 64.7 Å². The van der Waals surface area contributed by atoms with Crippen LogP contribution in [-0.2, 0) is 0 Å². The number of aromatic nitrogens is 1. The molecule has 0 saturated carbocycles. The maximum Gasteiger partial charge on any atom is 0.0921 e. The molecule has 0 radical (unpaired) electrons. The van der Waals surface area contributed by atoms with Gasteiger partial charge in [-0.1, -0.05) is 74.9 Å². The smallest absolute Gasteiger partial charge is 0.0921 e. The monoisotopic (exact) mass is 424 g/mol. The minimum absolute atomic E-state index is 0.544. The van der Waals surface area contributed by atoms with Crippen molar-refractivity contribution in [2.24, 2.45) is 0 Å². The molecule has 0 aliphatic heterocycles. The number of nitrogens with one attached hydrogen (secondary N) is 1. The number of benzene rings is 2. The van der Waals surface area contributed by atoms with Gasteiger partial charge in [-0.05, 0) is 55.3 Å². The topological polar surface area (TPSA) is 45.1 Å². The number of fused-ring (bicyclic) bond motifs is 1. The number of hydrogen-bond acceptors (Lipinski definition) is 3. The molecule has 2 aromatic carbocycles. The Labute approximate surface area is 185 Å². The van der Waals surface area contributed by atoms with Crippen molar-refractivity contribution in [3.8, 4) is 11.3 Å². The first-order chi connectivity index (χ1) is 14.6. The van der Waals surface area contributed by atoms with Gasteiger partial charge in [0.1, 0.15) is 0 Å². The van der Waals surface area contributed by atoms with Gasteiger partial charge in [0.25, 0.3) is 0 Å². The molecule has 1 aromatic heterocycles. The zero-order valence-corrected chi connectivity index (χ0v) is 18.9.